The first-order valence-corrected chi connectivity index (χ1v) is 7.90. The Bertz CT molecular complexity index is 283. The molecule has 0 saturated carbocycles. The molecule has 1 aliphatic rings. The van der Waals surface area contributed by atoms with Crippen LogP contribution in [0, 0.1) is 0 Å². The molecule has 0 aliphatic carbocycles. The van der Waals surface area contributed by atoms with Crippen molar-refractivity contribution in [3.8, 4) is 0 Å². The summed E-state index contributed by atoms with van der Waals surface area (Å²) in [6.45, 7) is 10.2. The number of carbonyl (C=O) groups excluding carboxylic acids is 1. The topological polar surface area (TPSA) is 29.5 Å². The molecule has 0 radical (unpaired) electrons. The number of likely N-dealkylation sites (tertiary alicyclic amines) is 1. The number of unbranched alkanes of at least 4 members (excludes halogenated alkanes) is 1. The van der Waals surface area contributed by atoms with Gasteiger partial charge >= 0.3 is 6.09 Å². The summed E-state index contributed by atoms with van der Waals surface area (Å²) in [4.78, 5) is 14.5. The van der Waals surface area contributed by atoms with E-state index >= 15 is 0 Å². The third-order valence-corrected chi connectivity index (χ3v) is 3.74. The van der Waals surface area contributed by atoms with E-state index in [0.717, 1.165) is 32.1 Å². The van der Waals surface area contributed by atoms with Crippen LogP contribution in [-0.2, 0) is 4.74 Å². The summed E-state index contributed by atoms with van der Waals surface area (Å²) in [5, 5.41) is 0. The minimum Gasteiger partial charge on any atom is -0.444 e. The van der Waals surface area contributed by atoms with Crippen molar-refractivity contribution in [3.05, 3.63) is 0 Å². The van der Waals surface area contributed by atoms with Crippen molar-refractivity contribution in [2.75, 3.05) is 0 Å². The molecular formula is C16H31NO2. The Morgan fingerprint density at radius 1 is 1.11 bits per heavy atom. The standard InChI is InChI=1S/C16H31NO2/c1-6-8-10-14-12-11-13(9-7-2)17(14)15(18)19-16(3,4)5/h13-14H,6-12H2,1-5H3/t13-,14?/m0/s1. The van der Waals surface area contributed by atoms with Crippen molar-refractivity contribution in [2.24, 2.45) is 0 Å². The maximum Gasteiger partial charge on any atom is 0.410 e. The summed E-state index contributed by atoms with van der Waals surface area (Å²) < 4.78 is 5.60. The van der Waals surface area contributed by atoms with E-state index in [0.29, 0.717) is 12.1 Å². The molecule has 2 atom stereocenters. The van der Waals surface area contributed by atoms with Gasteiger partial charge < -0.3 is 9.64 Å². The van der Waals surface area contributed by atoms with E-state index in [4.69, 9.17) is 4.74 Å². The Kier molecular flexibility index (Phi) is 6.15. The third-order valence-electron chi connectivity index (χ3n) is 3.74. The molecule has 1 heterocycles. The van der Waals surface area contributed by atoms with E-state index in [-0.39, 0.29) is 6.09 Å². The lowest BCUT2D eigenvalue weighted by Crippen LogP contribution is -2.44. The Morgan fingerprint density at radius 3 is 2.16 bits per heavy atom. The van der Waals surface area contributed by atoms with Crippen molar-refractivity contribution in [1.82, 2.24) is 4.90 Å². The van der Waals surface area contributed by atoms with Crippen LogP contribution >= 0.6 is 0 Å². The highest BCUT2D eigenvalue weighted by molar-refractivity contribution is 5.69. The Balaban J connectivity index is 2.70. The van der Waals surface area contributed by atoms with Gasteiger partial charge in [0.15, 0.2) is 0 Å². The molecule has 1 rings (SSSR count). The fourth-order valence-electron chi connectivity index (χ4n) is 2.91. The van der Waals surface area contributed by atoms with Gasteiger partial charge in [0.05, 0.1) is 0 Å². The van der Waals surface area contributed by atoms with Gasteiger partial charge in [-0.15, -0.1) is 0 Å². The van der Waals surface area contributed by atoms with Gasteiger partial charge in [-0.2, -0.15) is 0 Å². The summed E-state index contributed by atoms with van der Waals surface area (Å²) in [6, 6.07) is 0.785. The molecule has 19 heavy (non-hydrogen) atoms. The Labute approximate surface area is 118 Å². The molecule has 3 heteroatoms. The number of nitrogens with zero attached hydrogens (tertiary/aromatic N) is 1. The molecule has 0 aromatic heterocycles. The van der Waals surface area contributed by atoms with Crippen molar-refractivity contribution >= 4 is 6.09 Å². The summed E-state index contributed by atoms with van der Waals surface area (Å²) in [5.41, 5.74) is -0.397. The van der Waals surface area contributed by atoms with Gasteiger partial charge in [-0.3, -0.25) is 0 Å². The fraction of sp³-hybridized carbons (Fsp3) is 0.938. The van der Waals surface area contributed by atoms with E-state index in [2.05, 4.69) is 13.8 Å². The van der Waals surface area contributed by atoms with Crippen molar-refractivity contribution < 1.29 is 9.53 Å². The summed E-state index contributed by atoms with van der Waals surface area (Å²) in [5.74, 6) is 0. The maximum absolute atomic E-state index is 12.4. The predicted octanol–water partition coefficient (Wildman–Crippen LogP) is 4.74. The van der Waals surface area contributed by atoms with Gasteiger partial charge in [-0.1, -0.05) is 33.1 Å². The molecule has 0 aromatic rings. The second-order valence-corrected chi connectivity index (χ2v) is 6.70. The number of amides is 1. The molecule has 0 bridgehead atoms. The fourth-order valence-corrected chi connectivity index (χ4v) is 2.91. The second-order valence-electron chi connectivity index (χ2n) is 6.70. The van der Waals surface area contributed by atoms with E-state index in [9.17, 15) is 4.79 Å². The molecule has 1 amide bonds. The zero-order valence-corrected chi connectivity index (χ0v) is 13.4. The van der Waals surface area contributed by atoms with E-state index in [1.165, 1.54) is 12.8 Å². The van der Waals surface area contributed by atoms with Crippen LogP contribution in [0.4, 0.5) is 4.79 Å². The molecule has 112 valence electrons. The second kappa shape index (κ2) is 7.16. The SMILES string of the molecule is CCCCC1CC[C@H](CCC)N1C(=O)OC(C)(C)C. The first-order valence-electron chi connectivity index (χ1n) is 7.90. The van der Waals surface area contributed by atoms with Crippen LogP contribution in [-0.4, -0.2) is 28.7 Å². The molecular weight excluding hydrogens is 238 g/mol. The molecule has 0 aromatic carbocycles. The molecule has 1 aliphatic heterocycles. The normalized spacial score (nSPS) is 23.7. The molecule has 1 fully saturated rings. The lowest BCUT2D eigenvalue weighted by Gasteiger charge is -2.32. The maximum atomic E-state index is 12.4. The van der Waals surface area contributed by atoms with Crippen LogP contribution in [0.5, 0.6) is 0 Å². The minimum absolute atomic E-state index is 0.107. The molecule has 1 saturated heterocycles. The monoisotopic (exact) mass is 269 g/mol. The smallest absolute Gasteiger partial charge is 0.410 e. The van der Waals surface area contributed by atoms with Crippen LogP contribution in [0.1, 0.15) is 79.6 Å². The largest absolute Gasteiger partial charge is 0.444 e. The Hall–Kier alpha value is -0.730. The number of rotatable bonds is 5. The number of hydrogen-bond acceptors (Lipinski definition) is 2. The summed E-state index contributed by atoms with van der Waals surface area (Å²) in [6.07, 6.45) is 7.91. The predicted molar refractivity (Wildman–Crippen MR) is 79.3 cm³/mol. The van der Waals surface area contributed by atoms with Crippen molar-refractivity contribution in [3.63, 3.8) is 0 Å². The van der Waals surface area contributed by atoms with E-state index < -0.39 is 5.60 Å². The highest BCUT2D eigenvalue weighted by atomic mass is 16.6. The van der Waals surface area contributed by atoms with Gasteiger partial charge in [-0.05, 0) is 46.5 Å². The summed E-state index contributed by atoms with van der Waals surface area (Å²) in [7, 11) is 0. The van der Waals surface area contributed by atoms with Crippen molar-refractivity contribution in [2.45, 2.75) is 97.2 Å². The highest BCUT2D eigenvalue weighted by Crippen LogP contribution is 2.31. The van der Waals surface area contributed by atoms with Gasteiger partial charge in [0.25, 0.3) is 0 Å². The van der Waals surface area contributed by atoms with Gasteiger partial charge in [-0.25, -0.2) is 4.79 Å². The van der Waals surface area contributed by atoms with Crippen LogP contribution in [0.25, 0.3) is 0 Å². The molecule has 1 unspecified atom stereocenters. The van der Waals surface area contributed by atoms with Crippen LogP contribution in [0.15, 0.2) is 0 Å². The van der Waals surface area contributed by atoms with Gasteiger partial charge in [0.2, 0.25) is 0 Å². The number of hydrogen-bond donors (Lipinski definition) is 0. The average Bonchev–Trinajstić information content (AvgIpc) is 2.67. The summed E-state index contributed by atoms with van der Waals surface area (Å²) >= 11 is 0. The molecule has 0 N–H and O–H groups in total. The van der Waals surface area contributed by atoms with E-state index in [1.807, 2.05) is 25.7 Å². The average molecular weight is 269 g/mol. The minimum atomic E-state index is -0.397. The van der Waals surface area contributed by atoms with Gasteiger partial charge in [0, 0.05) is 12.1 Å². The zero-order chi connectivity index (χ0) is 14.5. The van der Waals surface area contributed by atoms with Crippen LogP contribution in [0.2, 0.25) is 0 Å². The lowest BCUT2D eigenvalue weighted by atomic mass is 10.1. The number of carbonyl (C=O) groups is 1. The van der Waals surface area contributed by atoms with Crippen molar-refractivity contribution in [1.29, 1.82) is 0 Å². The first-order chi connectivity index (χ1) is 8.89. The molecule has 3 nitrogen and oxygen atoms in total. The van der Waals surface area contributed by atoms with E-state index in [1.54, 1.807) is 0 Å². The first kappa shape index (κ1) is 16.3. The number of ether oxygens (including phenoxy) is 1. The van der Waals surface area contributed by atoms with Crippen LogP contribution in [0.3, 0.4) is 0 Å². The van der Waals surface area contributed by atoms with Crippen LogP contribution < -0.4 is 0 Å². The third kappa shape index (κ3) is 5.04. The quantitative estimate of drug-likeness (QED) is 0.721. The van der Waals surface area contributed by atoms with Gasteiger partial charge in [0.1, 0.15) is 5.60 Å². The molecule has 0 spiro atoms. The lowest BCUT2D eigenvalue weighted by molar-refractivity contribution is 0.0130. The zero-order valence-electron chi connectivity index (χ0n) is 13.4. The highest BCUT2D eigenvalue weighted by Gasteiger charge is 2.38. The Morgan fingerprint density at radius 2 is 1.68 bits per heavy atom.